The number of nitrogens with two attached hydrogens (primary N) is 2. The molecule has 1 aromatic carbocycles. The molecule has 0 aliphatic heterocycles. The van der Waals surface area contributed by atoms with Gasteiger partial charge >= 0.3 is 11.9 Å². The van der Waals surface area contributed by atoms with E-state index in [1.807, 2.05) is 0 Å². The summed E-state index contributed by atoms with van der Waals surface area (Å²) in [5.74, 6) is -2.63. The highest BCUT2D eigenvalue weighted by molar-refractivity contribution is 6.03. The summed E-state index contributed by atoms with van der Waals surface area (Å²) in [6, 6.07) is 8.33. The Bertz CT molecular complexity index is 469. The number of aliphatic carboxylic acids is 1. The number of esters is 1. The largest absolute Gasteiger partial charge is 0.479 e. The Labute approximate surface area is 112 Å². The van der Waals surface area contributed by atoms with Crippen molar-refractivity contribution in [1.82, 2.24) is 0 Å². The van der Waals surface area contributed by atoms with Gasteiger partial charge in [-0.15, -0.1) is 0 Å². The Morgan fingerprint density at radius 3 is 2.53 bits per heavy atom. The van der Waals surface area contributed by atoms with Gasteiger partial charge < -0.3 is 21.3 Å². The molecule has 0 bridgehead atoms. The summed E-state index contributed by atoms with van der Waals surface area (Å²) >= 11 is 0. The SMILES string of the molecule is [2H]C(OC(=O)[C@](N)(CCCN)C(=O)O)c1ccccc1. The molecule has 5 N–H and O–H groups in total. The summed E-state index contributed by atoms with van der Waals surface area (Å²) in [7, 11) is 0. The molecule has 1 aromatic rings. The van der Waals surface area contributed by atoms with Gasteiger partial charge in [-0.3, -0.25) is 0 Å². The number of carbonyl (C=O) groups is 2. The second-order valence-corrected chi connectivity index (χ2v) is 4.10. The molecule has 0 saturated carbocycles. The van der Waals surface area contributed by atoms with E-state index in [9.17, 15) is 9.59 Å². The van der Waals surface area contributed by atoms with E-state index in [0.29, 0.717) is 5.56 Å². The van der Waals surface area contributed by atoms with Crippen molar-refractivity contribution in [3.63, 3.8) is 0 Å². The van der Waals surface area contributed by atoms with Crippen molar-refractivity contribution in [2.24, 2.45) is 11.5 Å². The molecule has 0 spiro atoms. The number of hydrogen-bond acceptors (Lipinski definition) is 5. The van der Waals surface area contributed by atoms with Crippen molar-refractivity contribution in [2.45, 2.75) is 25.0 Å². The van der Waals surface area contributed by atoms with E-state index in [4.69, 9.17) is 22.7 Å². The number of carbonyl (C=O) groups excluding carboxylic acids is 1. The maximum Gasteiger partial charge on any atom is 0.338 e. The quantitative estimate of drug-likeness (QED) is 0.482. The molecule has 0 fully saturated rings. The zero-order chi connectivity index (χ0) is 15.2. The summed E-state index contributed by atoms with van der Waals surface area (Å²) in [4.78, 5) is 23.1. The molecule has 6 heteroatoms. The van der Waals surface area contributed by atoms with E-state index in [2.05, 4.69) is 0 Å². The van der Waals surface area contributed by atoms with Gasteiger partial charge in [-0.1, -0.05) is 30.3 Å². The van der Waals surface area contributed by atoms with Gasteiger partial charge in [-0.05, 0) is 24.9 Å². The van der Waals surface area contributed by atoms with E-state index in [1.165, 1.54) is 0 Å². The fourth-order valence-electron chi connectivity index (χ4n) is 1.44. The molecule has 0 heterocycles. The first-order chi connectivity index (χ1) is 9.41. The van der Waals surface area contributed by atoms with Crippen LogP contribution in [-0.2, 0) is 20.9 Å². The zero-order valence-electron chi connectivity index (χ0n) is 11.4. The molecule has 0 amide bonds. The highest BCUT2D eigenvalue weighted by Gasteiger charge is 2.43. The molecule has 0 aliphatic rings. The van der Waals surface area contributed by atoms with Crippen LogP contribution in [0, 0.1) is 0 Å². The maximum absolute atomic E-state index is 11.9. The molecule has 0 saturated heterocycles. The normalized spacial score (nSPS) is 16.0. The molecule has 0 aromatic heterocycles. The van der Waals surface area contributed by atoms with Crippen LogP contribution in [0.3, 0.4) is 0 Å². The van der Waals surface area contributed by atoms with Crippen molar-refractivity contribution >= 4 is 11.9 Å². The van der Waals surface area contributed by atoms with Crippen molar-refractivity contribution in [3.05, 3.63) is 35.9 Å². The first-order valence-electron chi connectivity index (χ1n) is 6.40. The summed E-state index contributed by atoms with van der Waals surface area (Å²) in [6.45, 7) is -1.11. The standard InChI is InChI=1S/C13H18N2O4/c14-8-4-7-13(15,11(16)17)12(18)19-9-10-5-2-1-3-6-10/h1-3,5-6H,4,7-9,14-15H2,(H,16,17)/t13-/m0/s1/i9D/t9?,13-. The van der Waals surface area contributed by atoms with Crippen LogP contribution in [0.1, 0.15) is 19.8 Å². The summed E-state index contributed by atoms with van der Waals surface area (Å²) in [5.41, 5.74) is 9.14. The Morgan fingerprint density at radius 2 is 2.00 bits per heavy atom. The van der Waals surface area contributed by atoms with Gasteiger partial charge in [0.25, 0.3) is 0 Å². The van der Waals surface area contributed by atoms with Gasteiger partial charge in [0.2, 0.25) is 5.54 Å². The minimum atomic E-state index is -2.17. The van der Waals surface area contributed by atoms with Crippen LogP contribution >= 0.6 is 0 Å². The number of ether oxygens (including phenoxy) is 1. The first-order valence-corrected chi connectivity index (χ1v) is 5.82. The molecule has 1 unspecified atom stereocenters. The van der Waals surface area contributed by atoms with Crippen LogP contribution < -0.4 is 11.5 Å². The average Bonchev–Trinajstić information content (AvgIpc) is 2.45. The lowest BCUT2D eigenvalue weighted by Crippen LogP contribution is -2.55. The van der Waals surface area contributed by atoms with Crippen LogP contribution in [0.25, 0.3) is 0 Å². The van der Waals surface area contributed by atoms with E-state index in [1.54, 1.807) is 30.3 Å². The molecule has 1 rings (SSSR count). The van der Waals surface area contributed by atoms with Crippen LogP contribution in [0.5, 0.6) is 0 Å². The lowest BCUT2D eigenvalue weighted by molar-refractivity contribution is -0.162. The number of rotatable bonds is 7. The van der Waals surface area contributed by atoms with Crippen LogP contribution in [0.4, 0.5) is 0 Å². The van der Waals surface area contributed by atoms with Crippen molar-refractivity contribution in [1.29, 1.82) is 0 Å². The van der Waals surface area contributed by atoms with E-state index >= 15 is 0 Å². The minimum Gasteiger partial charge on any atom is -0.479 e. The van der Waals surface area contributed by atoms with Crippen molar-refractivity contribution < 1.29 is 20.8 Å². The van der Waals surface area contributed by atoms with Gasteiger partial charge in [0.1, 0.15) is 6.58 Å². The van der Waals surface area contributed by atoms with Crippen LogP contribution in [0.2, 0.25) is 0 Å². The monoisotopic (exact) mass is 267 g/mol. The third-order valence-corrected chi connectivity index (χ3v) is 2.62. The van der Waals surface area contributed by atoms with E-state index in [0.717, 1.165) is 0 Å². The Hall–Kier alpha value is -1.92. The smallest absolute Gasteiger partial charge is 0.338 e. The predicted octanol–water partition coefficient (Wildman–Crippen LogP) is 0.251. The highest BCUT2D eigenvalue weighted by atomic mass is 16.5. The molecule has 19 heavy (non-hydrogen) atoms. The van der Waals surface area contributed by atoms with Gasteiger partial charge in [-0.2, -0.15) is 0 Å². The maximum atomic E-state index is 11.9. The first kappa shape index (κ1) is 13.5. The second kappa shape index (κ2) is 6.86. The third kappa shape index (κ3) is 4.04. The molecule has 6 nitrogen and oxygen atoms in total. The Kier molecular flexibility index (Phi) is 4.88. The number of benzene rings is 1. The van der Waals surface area contributed by atoms with Gasteiger partial charge in [-0.25, -0.2) is 9.59 Å². The fourth-order valence-corrected chi connectivity index (χ4v) is 1.44. The van der Waals surface area contributed by atoms with Gasteiger partial charge in [0.05, 0.1) is 1.37 Å². The van der Waals surface area contributed by atoms with Crippen molar-refractivity contribution in [2.75, 3.05) is 6.54 Å². The predicted molar refractivity (Wildman–Crippen MR) is 69.1 cm³/mol. The lowest BCUT2D eigenvalue weighted by atomic mass is 9.95. The molecule has 0 radical (unpaired) electrons. The Morgan fingerprint density at radius 1 is 1.37 bits per heavy atom. The number of hydrogen-bond donors (Lipinski definition) is 3. The number of carboxylic acids is 1. The molecule has 2 atom stereocenters. The van der Waals surface area contributed by atoms with E-state index < -0.39 is 24.1 Å². The lowest BCUT2D eigenvalue weighted by Gasteiger charge is -2.22. The molecule has 0 aliphatic carbocycles. The minimum absolute atomic E-state index is 0.140. The topological polar surface area (TPSA) is 116 Å². The fraction of sp³-hybridized carbons (Fsp3) is 0.385. The highest BCUT2D eigenvalue weighted by Crippen LogP contribution is 2.14. The van der Waals surface area contributed by atoms with Gasteiger partial charge in [0, 0.05) is 0 Å². The second-order valence-electron chi connectivity index (χ2n) is 4.10. The third-order valence-electron chi connectivity index (χ3n) is 2.62. The summed E-state index contributed by atoms with van der Waals surface area (Å²) < 4.78 is 12.6. The summed E-state index contributed by atoms with van der Waals surface area (Å²) in [6.07, 6.45) is 0.130. The van der Waals surface area contributed by atoms with E-state index in [-0.39, 0.29) is 19.4 Å². The molecular formula is C13H18N2O4. The van der Waals surface area contributed by atoms with Crippen molar-refractivity contribution in [3.8, 4) is 0 Å². The Balaban J connectivity index is 2.79. The number of carboxylic acid groups (broad SMARTS) is 1. The van der Waals surface area contributed by atoms with Gasteiger partial charge in [0.15, 0.2) is 0 Å². The zero-order valence-corrected chi connectivity index (χ0v) is 10.4. The molecule has 104 valence electrons. The van der Waals surface area contributed by atoms with Crippen LogP contribution in [-0.4, -0.2) is 29.1 Å². The molecular weight excluding hydrogens is 248 g/mol. The summed E-state index contributed by atoms with van der Waals surface area (Å²) in [5, 5.41) is 9.09. The van der Waals surface area contributed by atoms with Crippen LogP contribution in [0.15, 0.2) is 30.3 Å². The average molecular weight is 267 g/mol.